The van der Waals surface area contributed by atoms with Crippen molar-refractivity contribution >= 4 is 18.4 Å². The van der Waals surface area contributed by atoms with Gasteiger partial charge in [0.25, 0.3) is 0 Å². The van der Waals surface area contributed by atoms with Gasteiger partial charge in [0.2, 0.25) is 6.41 Å². The highest BCUT2D eigenvalue weighted by atomic mass is 32.2. The smallest absolute Gasteiger partial charge is 0.206 e. The first-order valence-electron chi connectivity index (χ1n) is 11.9. The maximum absolute atomic E-state index is 9.06. The maximum atomic E-state index is 9.06. The standard InChI is InChI=1S/C26H28N2OS.C2H5NO/c1-2-4-25-20-27(14-13-22(25)3-1)19-21-5-7-23(8-6-21)24-9-11-26(12-10-24)30-28-15-17-29-18-16-28;1-3-2-4/h1-12H,13-20H2;2H,1H3,(H,3,4). The minimum absolute atomic E-state index is 0.625. The van der Waals surface area contributed by atoms with E-state index in [2.05, 4.69) is 87.3 Å². The van der Waals surface area contributed by atoms with Gasteiger partial charge in [-0.15, -0.1) is 0 Å². The molecule has 1 N–H and O–H groups in total. The van der Waals surface area contributed by atoms with Crippen LogP contribution in [-0.2, 0) is 29.0 Å². The summed E-state index contributed by atoms with van der Waals surface area (Å²) in [5.74, 6) is 0. The molecule has 3 aromatic carbocycles. The van der Waals surface area contributed by atoms with Gasteiger partial charge in [-0.1, -0.05) is 60.7 Å². The Kier molecular flexibility index (Phi) is 9.16. The van der Waals surface area contributed by atoms with Crippen molar-refractivity contribution in [3.05, 3.63) is 89.5 Å². The summed E-state index contributed by atoms with van der Waals surface area (Å²) >= 11 is 1.83. The second-order valence-electron chi connectivity index (χ2n) is 8.49. The molecule has 1 amide bonds. The van der Waals surface area contributed by atoms with E-state index in [1.807, 2.05) is 11.9 Å². The second-order valence-corrected chi connectivity index (χ2v) is 9.66. The van der Waals surface area contributed by atoms with Gasteiger partial charge in [0.15, 0.2) is 0 Å². The molecule has 1 saturated heterocycles. The van der Waals surface area contributed by atoms with Crippen molar-refractivity contribution in [3.63, 3.8) is 0 Å². The zero-order valence-electron chi connectivity index (χ0n) is 19.8. The number of morpholine rings is 1. The quantitative estimate of drug-likeness (QED) is 0.417. The third-order valence-electron chi connectivity index (χ3n) is 6.08. The summed E-state index contributed by atoms with van der Waals surface area (Å²) in [6.07, 6.45) is 1.78. The molecule has 34 heavy (non-hydrogen) atoms. The van der Waals surface area contributed by atoms with Crippen molar-refractivity contribution in [2.45, 2.75) is 24.4 Å². The lowest BCUT2D eigenvalue weighted by Gasteiger charge is -2.28. The molecule has 0 bridgehead atoms. The van der Waals surface area contributed by atoms with Gasteiger partial charge in [-0.25, -0.2) is 4.31 Å². The maximum Gasteiger partial charge on any atom is 0.206 e. The molecule has 2 aliphatic heterocycles. The van der Waals surface area contributed by atoms with E-state index in [4.69, 9.17) is 9.53 Å². The second kappa shape index (κ2) is 12.7. The van der Waals surface area contributed by atoms with Gasteiger partial charge in [0.1, 0.15) is 0 Å². The van der Waals surface area contributed by atoms with Crippen LogP contribution in [-0.4, -0.2) is 55.5 Å². The molecule has 178 valence electrons. The molecule has 5 nitrogen and oxygen atoms in total. The molecule has 2 heterocycles. The molecule has 2 aliphatic rings. The number of hydrogen-bond donors (Lipinski definition) is 1. The van der Waals surface area contributed by atoms with E-state index in [-0.39, 0.29) is 0 Å². The number of carbonyl (C=O) groups excluding carboxylic acids is 1. The van der Waals surface area contributed by atoms with E-state index in [1.165, 1.54) is 32.7 Å². The fraction of sp³-hybridized carbons (Fsp3) is 0.321. The van der Waals surface area contributed by atoms with Crippen molar-refractivity contribution in [3.8, 4) is 11.1 Å². The lowest BCUT2D eigenvalue weighted by atomic mass is 9.99. The Morgan fingerprint density at radius 2 is 1.50 bits per heavy atom. The SMILES string of the molecule is CNC=O.c1ccc2c(c1)CCN(Cc1ccc(-c3ccc(SN4CCOCC4)cc3)cc1)C2. The molecule has 0 atom stereocenters. The van der Waals surface area contributed by atoms with Gasteiger partial charge < -0.3 is 10.1 Å². The normalized spacial score (nSPS) is 16.1. The minimum Gasteiger partial charge on any atom is -0.379 e. The van der Waals surface area contributed by atoms with E-state index in [1.54, 1.807) is 7.05 Å². The number of ether oxygens (including phenoxy) is 1. The Bertz CT molecular complexity index is 1030. The van der Waals surface area contributed by atoms with Gasteiger partial charge in [-0.05, 0) is 58.3 Å². The summed E-state index contributed by atoms with van der Waals surface area (Å²) in [6, 6.07) is 26.9. The lowest BCUT2D eigenvalue weighted by Crippen LogP contribution is -2.30. The van der Waals surface area contributed by atoms with Crippen molar-refractivity contribution in [2.24, 2.45) is 0 Å². The third-order valence-corrected chi connectivity index (χ3v) is 7.19. The van der Waals surface area contributed by atoms with E-state index in [9.17, 15) is 0 Å². The van der Waals surface area contributed by atoms with Crippen LogP contribution < -0.4 is 5.32 Å². The molecule has 3 aromatic rings. The average molecular weight is 476 g/mol. The van der Waals surface area contributed by atoms with E-state index < -0.39 is 0 Å². The Morgan fingerprint density at radius 1 is 0.882 bits per heavy atom. The topological polar surface area (TPSA) is 44.8 Å². The van der Waals surface area contributed by atoms with Crippen molar-refractivity contribution in [2.75, 3.05) is 39.9 Å². The largest absolute Gasteiger partial charge is 0.379 e. The number of amides is 1. The molecule has 5 rings (SSSR count). The number of nitrogens with zero attached hydrogens (tertiary/aromatic N) is 2. The van der Waals surface area contributed by atoms with Crippen molar-refractivity contribution in [1.82, 2.24) is 14.5 Å². The van der Waals surface area contributed by atoms with Crippen LogP contribution in [0.2, 0.25) is 0 Å². The highest BCUT2D eigenvalue weighted by molar-refractivity contribution is 7.97. The first kappa shape index (κ1) is 24.5. The lowest BCUT2D eigenvalue weighted by molar-refractivity contribution is -0.109. The molecular weight excluding hydrogens is 442 g/mol. The summed E-state index contributed by atoms with van der Waals surface area (Å²) in [6.45, 7) is 6.88. The first-order valence-corrected chi connectivity index (χ1v) is 12.6. The molecule has 1 fully saturated rings. The Hall–Kier alpha value is -2.64. The number of nitrogens with one attached hydrogen (secondary N) is 1. The van der Waals surface area contributed by atoms with Gasteiger partial charge in [-0.2, -0.15) is 0 Å². The molecule has 0 unspecified atom stereocenters. The molecule has 0 saturated carbocycles. The fourth-order valence-corrected chi connectivity index (χ4v) is 5.13. The number of rotatable bonds is 6. The van der Waals surface area contributed by atoms with Crippen LogP contribution in [0.3, 0.4) is 0 Å². The van der Waals surface area contributed by atoms with Crippen LogP contribution in [0.15, 0.2) is 77.7 Å². The molecule has 0 radical (unpaired) electrons. The number of fused-ring (bicyclic) bond motifs is 1. The molecule has 0 aliphatic carbocycles. The zero-order valence-corrected chi connectivity index (χ0v) is 20.6. The van der Waals surface area contributed by atoms with E-state index in [0.29, 0.717) is 6.41 Å². The van der Waals surface area contributed by atoms with Crippen LogP contribution in [0, 0.1) is 0 Å². The van der Waals surface area contributed by atoms with Crippen LogP contribution in [0.25, 0.3) is 11.1 Å². The summed E-state index contributed by atoms with van der Waals surface area (Å²) in [5, 5.41) is 2.25. The molecule has 0 aromatic heterocycles. The van der Waals surface area contributed by atoms with Crippen LogP contribution in [0.5, 0.6) is 0 Å². The monoisotopic (exact) mass is 475 g/mol. The molecule has 0 spiro atoms. The van der Waals surface area contributed by atoms with Crippen LogP contribution >= 0.6 is 11.9 Å². The van der Waals surface area contributed by atoms with E-state index in [0.717, 1.165) is 52.4 Å². The predicted octanol–water partition coefficient (Wildman–Crippen LogP) is 4.61. The number of carbonyl (C=O) groups is 1. The highest BCUT2D eigenvalue weighted by Gasteiger charge is 2.16. The Balaban J connectivity index is 0.000000636. The fourth-order valence-electron chi connectivity index (χ4n) is 4.25. The predicted molar refractivity (Wildman–Crippen MR) is 140 cm³/mol. The minimum atomic E-state index is 0.625. The van der Waals surface area contributed by atoms with E-state index >= 15 is 0 Å². The Morgan fingerprint density at radius 3 is 2.15 bits per heavy atom. The van der Waals surface area contributed by atoms with Gasteiger partial charge in [0.05, 0.1) is 13.2 Å². The van der Waals surface area contributed by atoms with Crippen LogP contribution in [0.1, 0.15) is 16.7 Å². The van der Waals surface area contributed by atoms with Crippen molar-refractivity contribution < 1.29 is 9.53 Å². The van der Waals surface area contributed by atoms with Gasteiger partial charge in [0, 0.05) is 44.7 Å². The number of hydrogen-bond acceptors (Lipinski definition) is 5. The summed E-state index contributed by atoms with van der Waals surface area (Å²) in [5.41, 5.74) is 6.94. The van der Waals surface area contributed by atoms with Crippen LogP contribution in [0.4, 0.5) is 0 Å². The van der Waals surface area contributed by atoms with Crippen molar-refractivity contribution in [1.29, 1.82) is 0 Å². The summed E-state index contributed by atoms with van der Waals surface area (Å²) in [4.78, 5) is 12.9. The van der Waals surface area contributed by atoms with Gasteiger partial charge >= 0.3 is 0 Å². The summed E-state index contributed by atoms with van der Waals surface area (Å²) < 4.78 is 7.81. The summed E-state index contributed by atoms with van der Waals surface area (Å²) in [7, 11) is 1.56. The third kappa shape index (κ3) is 6.93. The molecular formula is C28H33N3O2S. The Labute approximate surface area is 207 Å². The average Bonchev–Trinajstić information content (AvgIpc) is 2.90. The number of benzene rings is 3. The van der Waals surface area contributed by atoms with Gasteiger partial charge in [-0.3, -0.25) is 9.69 Å². The molecule has 6 heteroatoms. The zero-order chi connectivity index (χ0) is 23.6. The highest BCUT2D eigenvalue weighted by Crippen LogP contribution is 2.28. The first-order chi connectivity index (χ1) is 16.7.